The van der Waals surface area contributed by atoms with E-state index >= 15 is 0 Å². The van der Waals surface area contributed by atoms with Crippen molar-refractivity contribution in [1.29, 1.82) is 0 Å². The zero-order chi connectivity index (χ0) is 34.3. The highest BCUT2D eigenvalue weighted by Gasteiger charge is 2.68. The van der Waals surface area contributed by atoms with Crippen LogP contribution in [0, 0.1) is 11.8 Å². The van der Waals surface area contributed by atoms with Crippen LogP contribution in [-0.2, 0) is 47.4 Å². The molecule has 278 valence electrons. The van der Waals surface area contributed by atoms with Gasteiger partial charge in [0.2, 0.25) is 0 Å². The second-order valence-electron chi connectivity index (χ2n) is 16.8. The number of aliphatic hydroxyl groups excluding tert-OH is 1. The number of Topliss-reactive ketones (excluding diaryl/α,β-unsaturated/α-hetero) is 1. The van der Waals surface area contributed by atoms with Crippen LogP contribution in [0.1, 0.15) is 90.4 Å². The van der Waals surface area contributed by atoms with Gasteiger partial charge < -0.3 is 47.7 Å². The van der Waals surface area contributed by atoms with E-state index in [9.17, 15) is 9.90 Å². The number of aliphatic hydroxyl groups is 1. The van der Waals surface area contributed by atoms with E-state index in [0.717, 1.165) is 56.1 Å². The molecule has 10 rings (SSSR count). The lowest BCUT2D eigenvalue weighted by Gasteiger charge is -2.47. The van der Waals surface area contributed by atoms with Crippen LogP contribution in [0.5, 0.6) is 0 Å². The molecule has 1 N–H and O–H groups in total. The minimum atomic E-state index is -0.769. The summed E-state index contributed by atoms with van der Waals surface area (Å²) < 4.78 is 59.8. The van der Waals surface area contributed by atoms with Crippen molar-refractivity contribution in [2.45, 2.75) is 188 Å². The van der Waals surface area contributed by atoms with Gasteiger partial charge in [0.1, 0.15) is 36.3 Å². The first kappa shape index (κ1) is 34.5. The second kappa shape index (κ2) is 13.6. The van der Waals surface area contributed by atoms with Gasteiger partial charge in [-0.25, -0.2) is 0 Å². The Morgan fingerprint density at radius 2 is 1.52 bits per heavy atom. The third-order valence-electron chi connectivity index (χ3n) is 13.6. The molecular formula is C39H56O11. The number of ether oxygens (including phenoxy) is 9. The zero-order valence-corrected chi connectivity index (χ0v) is 29.7. The van der Waals surface area contributed by atoms with E-state index in [2.05, 4.69) is 20.1 Å². The van der Waals surface area contributed by atoms with Gasteiger partial charge in [-0.2, -0.15) is 0 Å². The Kier molecular flexibility index (Phi) is 9.36. The molecule has 17 unspecified atom stereocenters. The maximum absolute atomic E-state index is 14.0. The minimum Gasteiger partial charge on any atom is -0.396 e. The van der Waals surface area contributed by atoms with Crippen molar-refractivity contribution in [2.24, 2.45) is 11.8 Å². The maximum Gasteiger partial charge on any atom is 0.172 e. The first-order valence-electron chi connectivity index (χ1n) is 19.5. The van der Waals surface area contributed by atoms with E-state index in [-0.39, 0.29) is 110 Å². The molecule has 10 aliphatic heterocycles. The number of fused-ring (bicyclic) bond motifs is 6. The lowest BCUT2D eigenvalue weighted by Crippen LogP contribution is -2.61. The van der Waals surface area contributed by atoms with Gasteiger partial charge in [-0.1, -0.05) is 20.1 Å². The Hall–Kier alpha value is -1.25. The molecule has 0 aromatic heterocycles. The Labute approximate surface area is 295 Å². The zero-order valence-electron chi connectivity index (χ0n) is 29.7. The van der Waals surface area contributed by atoms with Crippen LogP contribution in [0.3, 0.4) is 0 Å². The Bertz CT molecular complexity index is 1320. The lowest BCUT2D eigenvalue weighted by molar-refractivity contribution is -0.292. The molecule has 11 nitrogen and oxygen atoms in total. The van der Waals surface area contributed by atoms with E-state index in [4.69, 9.17) is 42.6 Å². The molecule has 0 radical (unpaired) electrons. The summed E-state index contributed by atoms with van der Waals surface area (Å²) in [7, 11) is 1.68. The molecule has 12 bridgehead atoms. The largest absolute Gasteiger partial charge is 0.396 e. The Balaban J connectivity index is 0.994. The van der Waals surface area contributed by atoms with Gasteiger partial charge in [-0.3, -0.25) is 4.79 Å². The Morgan fingerprint density at radius 1 is 0.760 bits per heavy atom. The molecule has 18 atom stereocenters. The highest BCUT2D eigenvalue weighted by molar-refractivity contribution is 5.79. The Morgan fingerprint density at radius 3 is 2.36 bits per heavy atom. The van der Waals surface area contributed by atoms with E-state index in [1.807, 2.05) is 0 Å². The average Bonchev–Trinajstić information content (AvgIpc) is 3.76. The van der Waals surface area contributed by atoms with Crippen molar-refractivity contribution in [2.75, 3.05) is 13.7 Å². The van der Waals surface area contributed by atoms with E-state index < -0.39 is 5.79 Å². The number of methoxy groups -OCH3 is 1. The van der Waals surface area contributed by atoms with Crippen LogP contribution in [-0.4, -0.2) is 122 Å². The SMILES string of the molecule is C=C1CC2CCC34CC5OC6C(O3)C3OC(CCC3O[C@H]6C5O4)CC(=O)CC3C(CC4OC(CCC1O2)CC(C)C4=C)OC(CCO)C3OC. The maximum atomic E-state index is 14.0. The summed E-state index contributed by atoms with van der Waals surface area (Å²) in [6.07, 6.45) is 6.30. The van der Waals surface area contributed by atoms with Gasteiger partial charge in [-0.15, -0.1) is 0 Å². The van der Waals surface area contributed by atoms with Crippen molar-refractivity contribution >= 4 is 5.78 Å². The topological polar surface area (TPSA) is 120 Å². The molecule has 50 heavy (non-hydrogen) atoms. The highest BCUT2D eigenvalue weighted by atomic mass is 16.8. The number of carbonyl (C=O) groups excluding carboxylic acids is 1. The first-order chi connectivity index (χ1) is 24.2. The number of ketones is 1. The summed E-state index contributed by atoms with van der Waals surface area (Å²) in [6, 6.07) is 0. The number of carbonyl (C=O) groups is 1. The monoisotopic (exact) mass is 700 g/mol. The molecule has 1 spiro atoms. The second-order valence-corrected chi connectivity index (χ2v) is 16.8. The predicted octanol–water partition coefficient (Wildman–Crippen LogP) is 4.11. The standard InChI is InChI=1S/C39H56O11/c1-19-13-23-5-7-27-20(2)14-25(43-27)9-11-39-18-32-35(49-39)36-37(48-32)38(50-39)34-28(47-36)8-6-24(45-34)15-22(41)16-26-31(17-30(44-23)21(19)3)46-29(10-12-40)33(26)42-4/h19,23-38,40H,2-3,5-18H2,1,4H3/t19?,23?,24?,25?,26?,27?,28?,29?,30?,31?,32?,33?,34?,35?,36-,37?,38?,39?/m0/s1. The van der Waals surface area contributed by atoms with Crippen LogP contribution >= 0.6 is 0 Å². The van der Waals surface area contributed by atoms with Gasteiger partial charge in [0, 0.05) is 51.7 Å². The molecular weight excluding hydrogens is 644 g/mol. The van der Waals surface area contributed by atoms with Gasteiger partial charge in [0.15, 0.2) is 5.79 Å². The molecule has 10 fully saturated rings. The van der Waals surface area contributed by atoms with Crippen LogP contribution in [0.15, 0.2) is 24.3 Å². The average molecular weight is 701 g/mol. The van der Waals surface area contributed by atoms with Crippen LogP contribution in [0.4, 0.5) is 0 Å². The quantitative estimate of drug-likeness (QED) is 0.429. The van der Waals surface area contributed by atoms with Crippen molar-refractivity contribution in [3.05, 3.63) is 24.3 Å². The summed E-state index contributed by atoms with van der Waals surface area (Å²) in [5, 5.41) is 9.87. The summed E-state index contributed by atoms with van der Waals surface area (Å²) in [4.78, 5) is 14.0. The summed E-state index contributed by atoms with van der Waals surface area (Å²) in [6.45, 7) is 11.1. The van der Waals surface area contributed by atoms with Crippen molar-refractivity contribution < 1.29 is 52.5 Å². The van der Waals surface area contributed by atoms with Crippen LogP contribution < -0.4 is 0 Å². The van der Waals surface area contributed by atoms with Gasteiger partial charge >= 0.3 is 0 Å². The molecule has 10 aliphatic rings. The molecule has 10 heterocycles. The molecule has 0 aromatic carbocycles. The molecule has 11 heteroatoms. The third-order valence-corrected chi connectivity index (χ3v) is 13.6. The van der Waals surface area contributed by atoms with E-state index in [1.165, 1.54) is 0 Å². The summed E-state index contributed by atoms with van der Waals surface area (Å²) in [5.41, 5.74) is 2.23. The smallest absolute Gasteiger partial charge is 0.172 e. The molecule has 0 aromatic rings. The fourth-order valence-corrected chi connectivity index (χ4v) is 11.1. The molecule has 0 saturated carbocycles. The summed E-state index contributed by atoms with van der Waals surface area (Å²) >= 11 is 0. The molecule has 0 aliphatic carbocycles. The third kappa shape index (κ3) is 6.09. The van der Waals surface area contributed by atoms with Gasteiger partial charge in [-0.05, 0) is 68.4 Å². The first-order valence-corrected chi connectivity index (χ1v) is 19.5. The fourth-order valence-electron chi connectivity index (χ4n) is 11.1. The highest BCUT2D eigenvalue weighted by Crippen LogP contribution is 2.54. The van der Waals surface area contributed by atoms with Gasteiger partial charge in [0.05, 0.1) is 61.0 Å². The molecule has 0 amide bonds. The fraction of sp³-hybridized carbons (Fsp3) is 0.872. The van der Waals surface area contributed by atoms with Crippen molar-refractivity contribution in [3.8, 4) is 0 Å². The predicted molar refractivity (Wildman–Crippen MR) is 178 cm³/mol. The van der Waals surface area contributed by atoms with Crippen molar-refractivity contribution in [1.82, 2.24) is 0 Å². The summed E-state index contributed by atoms with van der Waals surface area (Å²) in [5.74, 6) is -0.512. The van der Waals surface area contributed by atoms with Crippen LogP contribution in [0.25, 0.3) is 0 Å². The normalized spacial score (nSPS) is 53.3. The molecule has 10 saturated heterocycles. The number of hydrogen-bond acceptors (Lipinski definition) is 11. The van der Waals surface area contributed by atoms with Crippen LogP contribution in [0.2, 0.25) is 0 Å². The van der Waals surface area contributed by atoms with E-state index in [1.54, 1.807) is 7.11 Å². The lowest BCUT2D eigenvalue weighted by atomic mass is 9.81. The number of hydrogen-bond donors (Lipinski definition) is 1. The van der Waals surface area contributed by atoms with Crippen molar-refractivity contribution in [3.63, 3.8) is 0 Å². The van der Waals surface area contributed by atoms with E-state index in [0.29, 0.717) is 44.4 Å². The number of rotatable bonds is 3. The van der Waals surface area contributed by atoms with Gasteiger partial charge in [0.25, 0.3) is 0 Å². The minimum absolute atomic E-state index is 0.00233.